The van der Waals surface area contributed by atoms with E-state index < -0.39 is 0 Å². The molecule has 4 heteroatoms. The van der Waals surface area contributed by atoms with Crippen LogP contribution in [0, 0.1) is 17.7 Å². The van der Waals surface area contributed by atoms with Crippen LogP contribution in [0.1, 0.15) is 31.9 Å². The summed E-state index contributed by atoms with van der Waals surface area (Å²) in [7, 11) is 0. The molecule has 0 unspecified atom stereocenters. The van der Waals surface area contributed by atoms with Crippen LogP contribution in [0.4, 0.5) is 15.8 Å². The molecule has 3 nitrogen and oxygen atoms in total. The zero-order valence-corrected chi connectivity index (χ0v) is 15.7. The first-order chi connectivity index (χ1) is 12.3. The molecule has 0 spiro atoms. The van der Waals surface area contributed by atoms with Crippen molar-refractivity contribution in [1.29, 1.82) is 0 Å². The van der Waals surface area contributed by atoms with Crippen LogP contribution in [0.25, 0.3) is 0 Å². The predicted molar refractivity (Wildman–Crippen MR) is 107 cm³/mol. The Balaban J connectivity index is 1.82. The lowest BCUT2D eigenvalue weighted by atomic mass is 10.0. The number of rotatable bonds is 1. The number of hydrogen-bond acceptors (Lipinski definition) is 3. The summed E-state index contributed by atoms with van der Waals surface area (Å²) in [6, 6.07) is 12.1. The van der Waals surface area contributed by atoms with Crippen molar-refractivity contribution < 1.29 is 4.39 Å². The molecule has 3 rings (SSSR count). The molecule has 1 saturated heterocycles. The molecular formula is C22H26FN3. The predicted octanol–water partition coefficient (Wildman–Crippen LogP) is 3.73. The van der Waals surface area contributed by atoms with Gasteiger partial charge >= 0.3 is 0 Å². The molecule has 2 aromatic carbocycles. The first-order valence-corrected chi connectivity index (χ1v) is 9.00. The molecule has 1 heterocycles. The van der Waals surface area contributed by atoms with E-state index in [9.17, 15) is 4.39 Å². The smallest absolute Gasteiger partial charge is 0.123 e. The minimum atomic E-state index is -0.253. The van der Waals surface area contributed by atoms with Crippen LogP contribution in [0.15, 0.2) is 42.5 Å². The van der Waals surface area contributed by atoms with E-state index >= 15 is 0 Å². The van der Waals surface area contributed by atoms with Crippen molar-refractivity contribution in [1.82, 2.24) is 4.90 Å². The van der Waals surface area contributed by atoms with Crippen LogP contribution in [-0.2, 0) is 0 Å². The van der Waals surface area contributed by atoms with E-state index in [2.05, 4.69) is 48.5 Å². The standard InChI is InChI=1S/C22H26FN3/c1-22(2,3)26-14-12-25(13-15-26)21-11-10-20(24)16-18(21)7-4-17-5-8-19(23)9-6-17/h5-6,8-11,16H,12-15,24H2,1-3H3. The van der Waals surface area contributed by atoms with E-state index in [1.54, 1.807) is 12.1 Å². The summed E-state index contributed by atoms with van der Waals surface area (Å²) in [5.41, 5.74) is 9.69. The Morgan fingerprint density at radius 1 is 0.923 bits per heavy atom. The van der Waals surface area contributed by atoms with Crippen molar-refractivity contribution in [2.24, 2.45) is 0 Å². The average molecular weight is 351 g/mol. The zero-order chi connectivity index (χ0) is 18.7. The molecule has 0 aliphatic carbocycles. The lowest BCUT2D eigenvalue weighted by molar-refractivity contribution is 0.128. The highest BCUT2D eigenvalue weighted by molar-refractivity contribution is 5.66. The van der Waals surface area contributed by atoms with E-state index in [1.165, 1.54) is 12.1 Å². The second-order valence-electron chi connectivity index (χ2n) is 7.68. The fraction of sp³-hybridized carbons (Fsp3) is 0.364. The third kappa shape index (κ3) is 4.36. The van der Waals surface area contributed by atoms with Gasteiger partial charge in [0, 0.05) is 43.0 Å². The Morgan fingerprint density at radius 2 is 1.58 bits per heavy atom. The second-order valence-corrected chi connectivity index (χ2v) is 7.68. The fourth-order valence-electron chi connectivity index (χ4n) is 3.22. The number of halogens is 1. The first-order valence-electron chi connectivity index (χ1n) is 9.00. The lowest BCUT2D eigenvalue weighted by Gasteiger charge is -2.43. The van der Waals surface area contributed by atoms with Crippen LogP contribution < -0.4 is 10.6 Å². The van der Waals surface area contributed by atoms with Gasteiger partial charge in [0.2, 0.25) is 0 Å². The second kappa shape index (κ2) is 7.39. The van der Waals surface area contributed by atoms with Gasteiger partial charge in [0.15, 0.2) is 0 Å². The molecule has 0 atom stereocenters. The van der Waals surface area contributed by atoms with E-state index in [0.29, 0.717) is 5.69 Å². The zero-order valence-electron chi connectivity index (χ0n) is 15.7. The summed E-state index contributed by atoms with van der Waals surface area (Å²) in [4.78, 5) is 4.88. The molecule has 1 fully saturated rings. The molecule has 1 aliphatic heterocycles. The van der Waals surface area contributed by atoms with E-state index in [-0.39, 0.29) is 11.4 Å². The van der Waals surface area contributed by atoms with E-state index in [4.69, 9.17) is 5.73 Å². The van der Waals surface area contributed by atoms with Crippen LogP contribution in [0.2, 0.25) is 0 Å². The van der Waals surface area contributed by atoms with E-state index in [0.717, 1.165) is 43.0 Å². The molecule has 26 heavy (non-hydrogen) atoms. The van der Waals surface area contributed by atoms with Crippen LogP contribution in [-0.4, -0.2) is 36.6 Å². The summed E-state index contributed by atoms with van der Waals surface area (Å²) in [5, 5.41) is 0. The minimum Gasteiger partial charge on any atom is -0.399 e. The summed E-state index contributed by atoms with van der Waals surface area (Å²) < 4.78 is 13.0. The maximum absolute atomic E-state index is 13.0. The monoisotopic (exact) mass is 351 g/mol. The van der Waals surface area contributed by atoms with Gasteiger partial charge in [-0.15, -0.1) is 0 Å². The Kier molecular flexibility index (Phi) is 5.20. The third-order valence-corrected chi connectivity index (χ3v) is 4.78. The van der Waals surface area contributed by atoms with Crippen molar-refractivity contribution in [3.05, 3.63) is 59.4 Å². The lowest BCUT2D eigenvalue weighted by Crippen LogP contribution is -2.53. The van der Waals surface area contributed by atoms with Crippen LogP contribution in [0.3, 0.4) is 0 Å². The van der Waals surface area contributed by atoms with Crippen molar-refractivity contribution in [3.63, 3.8) is 0 Å². The third-order valence-electron chi connectivity index (χ3n) is 4.78. The molecule has 136 valence electrons. The van der Waals surface area contributed by atoms with E-state index in [1.807, 2.05) is 12.1 Å². The summed E-state index contributed by atoms with van der Waals surface area (Å²) >= 11 is 0. The maximum Gasteiger partial charge on any atom is 0.123 e. The van der Waals surface area contributed by atoms with Gasteiger partial charge in [-0.1, -0.05) is 11.8 Å². The minimum absolute atomic E-state index is 0.193. The Bertz CT molecular complexity index is 817. The van der Waals surface area contributed by atoms with Crippen LogP contribution in [0.5, 0.6) is 0 Å². The average Bonchev–Trinajstić information content (AvgIpc) is 2.61. The van der Waals surface area contributed by atoms with Crippen molar-refractivity contribution in [2.75, 3.05) is 36.8 Å². The van der Waals surface area contributed by atoms with Gasteiger partial charge in [0.05, 0.1) is 11.3 Å². The number of nitrogen functional groups attached to an aromatic ring is 1. The molecule has 1 aliphatic rings. The molecule has 2 N–H and O–H groups in total. The Morgan fingerprint density at radius 3 is 2.19 bits per heavy atom. The Labute approximate surface area is 155 Å². The summed E-state index contributed by atoms with van der Waals surface area (Å²) in [5.74, 6) is 6.09. The highest BCUT2D eigenvalue weighted by Crippen LogP contribution is 2.25. The number of benzene rings is 2. The Hall–Kier alpha value is -2.51. The largest absolute Gasteiger partial charge is 0.399 e. The highest BCUT2D eigenvalue weighted by Gasteiger charge is 2.26. The molecule has 0 bridgehead atoms. The van der Waals surface area contributed by atoms with Gasteiger partial charge in [-0.05, 0) is 63.2 Å². The SMILES string of the molecule is CC(C)(C)N1CCN(c2ccc(N)cc2C#Cc2ccc(F)cc2)CC1. The number of anilines is 2. The summed E-state index contributed by atoms with van der Waals surface area (Å²) in [6.07, 6.45) is 0. The normalized spacial score (nSPS) is 15.5. The molecule has 2 aromatic rings. The number of piperazine rings is 1. The van der Waals surface area contributed by atoms with Crippen LogP contribution >= 0.6 is 0 Å². The van der Waals surface area contributed by atoms with Gasteiger partial charge in [-0.3, -0.25) is 4.90 Å². The number of nitrogens with zero attached hydrogens (tertiary/aromatic N) is 2. The van der Waals surface area contributed by atoms with Crippen molar-refractivity contribution in [2.45, 2.75) is 26.3 Å². The van der Waals surface area contributed by atoms with Gasteiger partial charge < -0.3 is 10.6 Å². The topological polar surface area (TPSA) is 32.5 Å². The molecule has 0 amide bonds. The molecule has 0 saturated carbocycles. The number of hydrogen-bond donors (Lipinski definition) is 1. The van der Waals surface area contributed by atoms with Gasteiger partial charge in [-0.2, -0.15) is 0 Å². The van der Waals surface area contributed by atoms with Crippen molar-refractivity contribution >= 4 is 11.4 Å². The quantitative estimate of drug-likeness (QED) is 0.628. The van der Waals surface area contributed by atoms with Crippen molar-refractivity contribution in [3.8, 4) is 11.8 Å². The van der Waals surface area contributed by atoms with Gasteiger partial charge in [0.1, 0.15) is 5.82 Å². The summed E-state index contributed by atoms with van der Waals surface area (Å²) in [6.45, 7) is 10.7. The maximum atomic E-state index is 13.0. The number of nitrogens with two attached hydrogens (primary N) is 1. The highest BCUT2D eigenvalue weighted by atomic mass is 19.1. The molecular weight excluding hydrogens is 325 g/mol. The molecule has 0 aromatic heterocycles. The first kappa shape index (κ1) is 18.3. The fourth-order valence-corrected chi connectivity index (χ4v) is 3.22. The van der Waals surface area contributed by atoms with Gasteiger partial charge in [-0.25, -0.2) is 4.39 Å². The molecule has 0 radical (unpaired) electrons. The van der Waals surface area contributed by atoms with Gasteiger partial charge in [0.25, 0.3) is 0 Å².